The lowest BCUT2D eigenvalue weighted by Crippen LogP contribution is -2.45. The van der Waals surface area contributed by atoms with Crippen molar-refractivity contribution in [2.75, 3.05) is 19.7 Å². The highest BCUT2D eigenvalue weighted by Crippen LogP contribution is 2.41. The van der Waals surface area contributed by atoms with Crippen LogP contribution in [0, 0.1) is 5.92 Å². The molecular formula is C15H20ClNO2. The van der Waals surface area contributed by atoms with Gasteiger partial charge in [-0.15, -0.1) is 0 Å². The maximum atomic E-state index is 10.3. The molecule has 2 aliphatic heterocycles. The second-order valence-corrected chi connectivity index (χ2v) is 6.11. The first-order valence-corrected chi connectivity index (χ1v) is 7.38. The summed E-state index contributed by atoms with van der Waals surface area (Å²) in [6.07, 6.45) is 1.92. The van der Waals surface area contributed by atoms with Gasteiger partial charge in [-0.3, -0.25) is 4.90 Å². The monoisotopic (exact) mass is 281 g/mol. The van der Waals surface area contributed by atoms with E-state index in [9.17, 15) is 5.11 Å². The van der Waals surface area contributed by atoms with E-state index in [4.69, 9.17) is 16.3 Å². The molecular weight excluding hydrogens is 262 g/mol. The Balaban J connectivity index is 1.91. The maximum Gasteiger partial charge on any atom is 0.142 e. The zero-order valence-corrected chi connectivity index (χ0v) is 11.9. The fraction of sp³-hybridized carbons (Fsp3) is 0.600. The quantitative estimate of drug-likeness (QED) is 0.859. The number of halogens is 1. The van der Waals surface area contributed by atoms with E-state index in [1.54, 1.807) is 0 Å². The van der Waals surface area contributed by atoms with Crippen LogP contribution in [0.2, 0.25) is 5.02 Å². The van der Waals surface area contributed by atoms with Crippen molar-refractivity contribution in [1.29, 1.82) is 0 Å². The summed E-state index contributed by atoms with van der Waals surface area (Å²) in [5, 5.41) is 11.0. The molecule has 2 heterocycles. The van der Waals surface area contributed by atoms with Crippen molar-refractivity contribution in [1.82, 2.24) is 4.90 Å². The van der Waals surface area contributed by atoms with Crippen molar-refractivity contribution in [3.63, 3.8) is 0 Å². The SMILES string of the molecule is CC1CCN(C2c3cccc(Cl)c3OCC2O)CC1. The van der Waals surface area contributed by atoms with E-state index in [0.717, 1.165) is 30.3 Å². The minimum absolute atomic E-state index is 0.0231. The highest BCUT2D eigenvalue weighted by atomic mass is 35.5. The number of nitrogens with zero attached hydrogens (tertiary/aromatic N) is 1. The molecule has 2 unspecified atom stereocenters. The topological polar surface area (TPSA) is 32.7 Å². The Bertz CT molecular complexity index is 457. The van der Waals surface area contributed by atoms with Crippen LogP contribution in [0.25, 0.3) is 0 Å². The van der Waals surface area contributed by atoms with Gasteiger partial charge in [-0.1, -0.05) is 30.7 Å². The Morgan fingerprint density at radius 3 is 2.79 bits per heavy atom. The van der Waals surface area contributed by atoms with Crippen LogP contribution < -0.4 is 4.74 Å². The molecule has 2 aliphatic rings. The van der Waals surface area contributed by atoms with E-state index < -0.39 is 6.10 Å². The van der Waals surface area contributed by atoms with Crippen molar-refractivity contribution < 1.29 is 9.84 Å². The molecule has 3 nitrogen and oxygen atoms in total. The molecule has 0 aliphatic carbocycles. The Hall–Kier alpha value is -0.770. The van der Waals surface area contributed by atoms with Crippen molar-refractivity contribution in [2.45, 2.75) is 31.9 Å². The average molecular weight is 282 g/mol. The number of piperidine rings is 1. The van der Waals surface area contributed by atoms with E-state index in [1.807, 2.05) is 18.2 Å². The van der Waals surface area contributed by atoms with Gasteiger partial charge < -0.3 is 9.84 Å². The van der Waals surface area contributed by atoms with Gasteiger partial charge in [0.15, 0.2) is 0 Å². The van der Waals surface area contributed by atoms with E-state index in [1.165, 1.54) is 12.8 Å². The highest BCUT2D eigenvalue weighted by Gasteiger charge is 2.36. The van der Waals surface area contributed by atoms with Gasteiger partial charge in [-0.2, -0.15) is 0 Å². The molecule has 1 aromatic rings. The number of ether oxygens (including phenoxy) is 1. The number of hydrogen-bond acceptors (Lipinski definition) is 3. The molecule has 2 atom stereocenters. The molecule has 0 spiro atoms. The van der Waals surface area contributed by atoms with Crippen molar-refractivity contribution in [3.8, 4) is 5.75 Å². The molecule has 19 heavy (non-hydrogen) atoms. The summed E-state index contributed by atoms with van der Waals surface area (Å²) in [7, 11) is 0. The molecule has 0 radical (unpaired) electrons. The number of para-hydroxylation sites is 1. The molecule has 0 aromatic heterocycles. The number of likely N-dealkylation sites (tertiary alicyclic amines) is 1. The average Bonchev–Trinajstić information content (AvgIpc) is 2.40. The van der Waals surface area contributed by atoms with Crippen molar-refractivity contribution >= 4 is 11.6 Å². The maximum absolute atomic E-state index is 10.3. The largest absolute Gasteiger partial charge is 0.489 e. The van der Waals surface area contributed by atoms with Crippen LogP contribution in [0.3, 0.4) is 0 Å². The van der Waals surface area contributed by atoms with Gasteiger partial charge in [0.1, 0.15) is 18.5 Å². The van der Waals surface area contributed by atoms with Gasteiger partial charge >= 0.3 is 0 Å². The molecule has 0 bridgehead atoms. The lowest BCUT2D eigenvalue weighted by Gasteiger charge is -2.41. The second-order valence-electron chi connectivity index (χ2n) is 5.70. The van der Waals surface area contributed by atoms with Crippen molar-refractivity contribution in [2.24, 2.45) is 5.92 Å². The molecule has 1 aromatic carbocycles. The van der Waals surface area contributed by atoms with E-state index >= 15 is 0 Å². The summed E-state index contributed by atoms with van der Waals surface area (Å²) in [4.78, 5) is 2.38. The smallest absolute Gasteiger partial charge is 0.142 e. The predicted octanol–water partition coefficient (Wildman–Crippen LogP) is 2.87. The van der Waals surface area contributed by atoms with Crippen LogP contribution in [-0.2, 0) is 0 Å². The lowest BCUT2D eigenvalue weighted by atomic mass is 9.92. The molecule has 0 amide bonds. The number of benzene rings is 1. The number of rotatable bonds is 1. The van der Waals surface area contributed by atoms with Crippen LogP contribution in [0.1, 0.15) is 31.4 Å². The number of hydrogen-bond donors (Lipinski definition) is 1. The predicted molar refractivity (Wildman–Crippen MR) is 75.7 cm³/mol. The number of aliphatic hydroxyl groups is 1. The molecule has 1 fully saturated rings. The molecule has 104 valence electrons. The Kier molecular flexibility index (Phi) is 3.70. The van der Waals surface area contributed by atoms with Crippen molar-refractivity contribution in [3.05, 3.63) is 28.8 Å². The highest BCUT2D eigenvalue weighted by molar-refractivity contribution is 6.32. The molecule has 3 rings (SSSR count). The Morgan fingerprint density at radius 2 is 2.05 bits per heavy atom. The first-order valence-electron chi connectivity index (χ1n) is 7.00. The van der Waals surface area contributed by atoms with Gasteiger partial charge in [0.05, 0.1) is 11.1 Å². The van der Waals surface area contributed by atoms with Crippen LogP contribution in [0.4, 0.5) is 0 Å². The van der Waals surface area contributed by atoms with E-state index in [2.05, 4.69) is 11.8 Å². The Labute approximate surface area is 119 Å². The Morgan fingerprint density at radius 1 is 1.32 bits per heavy atom. The summed E-state index contributed by atoms with van der Waals surface area (Å²) in [6.45, 7) is 4.69. The van der Waals surface area contributed by atoms with Crippen LogP contribution in [0.5, 0.6) is 5.75 Å². The van der Waals surface area contributed by atoms with Gasteiger partial charge in [-0.05, 0) is 37.9 Å². The standard InChI is InChI=1S/C15H20ClNO2/c1-10-5-7-17(8-6-10)14-11-3-2-4-12(16)15(11)19-9-13(14)18/h2-4,10,13-14,18H,5-9H2,1H3. The first-order chi connectivity index (χ1) is 9.16. The van der Waals surface area contributed by atoms with Crippen LogP contribution >= 0.6 is 11.6 Å². The zero-order valence-electron chi connectivity index (χ0n) is 11.2. The normalized spacial score (nSPS) is 28.8. The second kappa shape index (κ2) is 5.31. The van der Waals surface area contributed by atoms with Gasteiger partial charge in [0.2, 0.25) is 0 Å². The number of fused-ring (bicyclic) bond motifs is 1. The molecule has 0 saturated carbocycles. The fourth-order valence-electron chi connectivity index (χ4n) is 3.12. The van der Waals surface area contributed by atoms with Gasteiger partial charge in [0, 0.05) is 5.56 Å². The molecule has 1 saturated heterocycles. The van der Waals surface area contributed by atoms with E-state index in [0.29, 0.717) is 11.6 Å². The summed E-state index contributed by atoms with van der Waals surface area (Å²) in [6, 6.07) is 5.82. The fourth-order valence-corrected chi connectivity index (χ4v) is 3.36. The summed E-state index contributed by atoms with van der Waals surface area (Å²) >= 11 is 6.19. The summed E-state index contributed by atoms with van der Waals surface area (Å²) in [5.41, 5.74) is 1.03. The van der Waals surface area contributed by atoms with Crippen LogP contribution in [0.15, 0.2) is 18.2 Å². The van der Waals surface area contributed by atoms with Crippen LogP contribution in [-0.4, -0.2) is 35.8 Å². The summed E-state index contributed by atoms with van der Waals surface area (Å²) < 4.78 is 5.60. The molecule has 4 heteroatoms. The van der Waals surface area contributed by atoms with Gasteiger partial charge in [-0.25, -0.2) is 0 Å². The minimum atomic E-state index is -0.473. The molecule has 1 N–H and O–H groups in total. The third kappa shape index (κ3) is 2.47. The summed E-state index contributed by atoms with van der Waals surface area (Å²) in [5.74, 6) is 1.53. The van der Waals surface area contributed by atoms with E-state index in [-0.39, 0.29) is 6.04 Å². The minimum Gasteiger partial charge on any atom is -0.489 e. The first kappa shape index (κ1) is 13.2. The lowest BCUT2D eigenvalue weighted by molar-refractivity contribution is -0.0114. The third-order valence-electron chi connectivity index (χ3n) is 4.29. The number of aliphatic hydroxyl groups excluding tert-OH is 1. The van der Waals surface area contributed by atoms with Gasteiger partial charge in [0.25, 0.3) is 0 Å². The third-order valence-corrected chi connectivity index (χ3v) is 4.59. The zero-order chi connectivity index (χ0) is 13.4.